The minimum absolute atomic E-state index is 0.179. The van der Waals surface area contributed by atoms with Crippen LogP contribution in [0.3, 0.4) is 0 Å². The zero-order valence-corrected chi connectivity index (χ0v) is 18.3. The lowest BCUT2D eigenvalue weighted by atomic mass is 9.98. The number of amides is 2. The average Bonchev–Trinajstić information content (AvgIpc) is 3.08. The lowest BCUT2D eigenvalue weighted by molar-refractivity contribution is -0.132. The maximum atomic E-state index is 12.5. The van der Waals surface area contributed by atoms with Gasteiger partial charge in [0, 0.05) is 31.3 Å². The third-order valence-electron chi connectivity index (χ3n) is 5.55. The van der Waals surface area contributed by atoms with Crippen LogP contribution in [-0.2, 0) is 9.53 Å². The second kappa shape index (κ2) is 10.7. The topological polar surface area (TPSA) is 49.9 Å². The van der Waals surface area contributed by atoms with Crippen molar-refractivity contribution in [2.75, 3.05) is 25.4 Å². The second-order valence-corrected chi connectivity index (χ2v) is 9.23. The lowest BCUT2D eigenvalue weighted by Crippen LogP contribution is -2.50. The molecule has 0 spiro atoms. The molecule has 2 amide bonds. The summed E-state index contributed by atoms with van der Waals surface area (Å²) in [5.41, 5.74) is 1.17. The molecule has 2 saturated heterocycles. The van der Waals surface area contributed by atoms with Crippen molar-refractivity contribution in [3.8, 4) is 0 Å². The van der Waals surface area contributed by atoms with E-state index in [0.29, 0.717) is 18.9 Å². The molecule has 1 unspecified atom stereocenters. The Morgan fingerprint density at radius 2 is 1.97 bits per heavy atom. The minimum Gasteiger partial charge on any atom is -0.447 e. The number of piperidine rings is 1. The van der Waals surface area contributed by atoms with Crippen LogP contribution in [0.5, 0.6) is 0 Å². The van der Waals surface area contributed by atoms with Crippen molar-refractivity contribution < 1.29 is 14.3 Å². The van der Waals surface area contributed by atoms with Gasteiger partial charge in [0.05, 0.1) is 6.04 Å². The first-order chi connectivity index (χ1) is 14.0. The first kappa shape index (κ1) is 21.8. The molecule has 2 aliphatic rings. The standard InChI is InChI=1S/C23H32N2O3S/c1-18(2)16-21-17-28-23(27)25(21)20-8-12-24(13-9-20)22(26)11-15-29-14-10-19-6-4-3-5-7-19/h3-7,10,14,18,20-21H,8-9,11-13,15-17H2,1-2H3. The summed E-state index contributed by atoms with van der Waals surface area (Å²) in [6.45, 7) is 6.31. The van der Waals surface area contributed by atoms with E-state index in [9.17, 15) is 9.59 Å². The summed E-state index contributed by atoms with van der Waals surface area (Å²) in [5.74, 6) is 1.54. The zero-order valence-electron chi connectivity index (χ0n) is 17.5. The highest BCUT2D eigenvalue weighted by Gasteiger charge is 2.39. The third-order valence-corrected chi connectivity index (χ3v) is 6.32. The fraction of sp³-hybridized carbons (Fsp3) is 0.565. The molecule has 3 rings (SSSR count). The summed E-state index contributed by atoms with van der Waals surface area (Å²) in [6.07, 6.45) is 5.10. The number of likely N-dealkylation sites (tertiary alicyclic amines) is 1. The summed E-state index contributed by atoms with van der Waals surface area (Å²) < 4.78 is 5.31. The van der Waals surface area contributed by atoms with Crippen LogP contribution in [-0.4, -0.2) is 59.3 Å². The average molecular weight is 417 g/mol. The van der Waals surface area contributed by atoms with Crippen molar-refractivity contribution in [2.24, 2.45) is 5.92 Å². The van der Waals surface area contributed by atoms with Gasteiger partial charge in [0.25, 0.3) is 0 Å². The number of ether oxygens (including phenoxy) is 1. The van der Waals surface area contributed by atoms with E-state index in [0.717, 1.165) is 38.1 Å². The van der Waals surface area contributed by atoms with Crippen LogP contribution >= 0.6 is 11.8 Å². The monoisotopic (exact) mass is 416 g/mol. The van der Waals surface area contributed by atoms with E-state index in [1.165, 1.54) is 5.56 Å². The van der Waals surface area contributed by atoms with Gasteiger partial charge in [-0.05, 0) is 42.2 Å². The summed E-state index contributed by atoms with van der Waals surface area (Å²) in [6, 6.07) is 10.5. The van der Waals surface area contributed by atoms with E-state index >= 15 is 0 Å². The predicted molar refractivity (Wildman–Crippen MR) is 119 cm³/mol. The third kappa shape index (κ3) is 6.26. The van der Waals surface area contributed by atoms with Gasteiger partial charge in [-0.25, -0.2) is 4.79 Å². The van der Waals surface area contributed by atoms with Crippen LogP contribution in [0.25, 0.3) is 6.08 Å². The molecule has 5 nitrogen and oxygen atoms in total. The molecule has 0 radical (unpaired) electrons. The molecule has 29 heavy (non-hydrogen) atoms. The number of carbonyl (C=O) groups excluding carboxylic acids is 2. The summed E-state index contributed by atoms with van der Waals surface area (Å²) in [4.78, 5) is 28.6. The Morgan fingerprint density at radius 1 is 1.24 bits per heavy atom. The van der Waals surface area contributed by atoms with Gasteiger partial charge >= 0.3 is 6.09 Å². The van der Waals surface area contributed by atoms with Crippen molar-refractivity contribution in [2.45, 2.75) is 51.6 Å². The Bertz CT molecular complexity index is 699. The first-order valence-electron chi connectivity index (χ1n) is 10.6. The number of hydrogen-bond donors (Lipinski definition) is 0. The Labute approximate surface area is 178 Å². The van der Waals surface area contributed by atoms with Crippen molar-refractivity contribution in [1.29, 1.82) is 0 Å². The zero-order chi connectivity index (χ0) is 20.6. The molecular weight excluding hydrogens is 384 g/mol. The summed E-state index contributed by atoms with van der Waals surface area (Å²) >= 11 is 1.67. The van der Waals surface area contributed by atoms with Gasteiger partial charge in [-0.3, -0.25) is 9.69 Å². The fourth-order valence-corrected chi connectivity index (χ4v) is 4.78. The molecule has 0 bridgehead atoms. The molecule has 2 aliphatic heterocycles. The van der Waals surface area contributed by atoms with Crippen LogP contribution in [0, 0.1) is 5.92 Å². The van der Waals surface area contributed by atoms with Gasteiger partial charge < -0.3 is 9.64 Å². The van der Waals surface area contributed by atoms with Gasteiger partial charge in [-0.1, -0.05) is 44.2 Å². The van der Waals surface area contributed by atoms with E-state index in [4.69, 9.17) is 4.74 Å². The molecule has 2 fully saturated rings. The molecular formula is C23H32N2O3S. The molecule has 1 aromatic carbocycles. The van der Waals surface area contributed by atoms with Crippen molar-refractivity contribution in [1.82, 2.24) is 9.80 Å². The molecule has 0 aliphatic carbocycles. The Hall–Kier alpha value is -1.95. The van der Waals surface area contributed by atoms with Crippen molar-refractivity contribution in [3.63, 3.8) is 0 Å². The van der Waals surface area contributed by atoms with Gasteiger partial charge in [-0.15, -0.1) is 11.8 Å². The minimum atomic E-state index is -0.179. The molecule has 1 atom stereocenters. The van der Waals surface area contributed by atoms with Crippen LogP contribution in [0.1, 0.15) is 45.1 Å². The Balaban J connectivity index is 1.39. The second-order valence-electron chi connectivity index (χ2n) is 8.21. The smallest absolute Gasteiger partial charge is 0.410 e. The highest BCUT2D eigenvalue weighted by molar-refractivity contribution is 8.02. The highest BCUT2D eigenvalue weighted by Crippen LogP contribution is 2.27. The Morgan fingerprint density at radius 3 is 2.66 bits per heavy atom. The maximum Gasteiger partial charge on any atom is 0.410 e. The lowest BCUT2D eigenvalue weighted by Gasteiger charge is -2.38. The molecule has 1 aromatic rings. The molecule has 0 aromatic heterocycles. The number of nitrogens with zero attached hydrogens (tertiary/aromatic N) is 2. The van der Waals surface area contributed by atoms with Crippen LogP contribution in [0.15, 0.2) is 35.7 Å². The molecule has 0 saturated carbocycles. The molecule has 2 heterocycles. The molecule has 0 N–H and O–H groups in total. The van der Waals surface area contributed by atoms with E-state index in [1.54, 1.807) is 11.8 Å². The predicted octanol–water partition coefficient (Wildman–Crippen LogP) is 4.64. The number of cyclic esters (lactones) is 1. The highest BCUT2D eigenvalue weighted by atomic mass is 32.2. The van der Waals surface area contributed by atoms with E-state index in [1.807, 2.05) is 28.0 Å². The van der Waals surface area contributed by atoms with Gasteiger partial charge in [0.1, 0.15) is 6.61 Å². The quantitative estimate of drug-likeness (QED) is 0.580. The van der Waals surface area contributed by atoms with Gasteiger partial charge in [0.15, 0.2) is 0 Å². The molecule has 6 heteroatoms. The maximum absolute atomic E-state index is 12.5. The van der Waals surface area contributed by atoms with Crippen molar-refractivity contribution in [3.05, 3.63) is 41.3 Å². The van der Waals surface area contributed by atoms with Crippen LogP contribution in [0.2, 0.25) is 0 Å². The Kier molecular flexibility index (Phi) is 8.04. The number of rotatable bonds is 8. The number of hydrogen-bond acceptors (Lipinski definition) is 4. The number of benzene rings is 1. The summed E-state index contributed by atoms with van der Waals surface area (Å²) in [7, 11) is 0. The normalized spacial score (nSPS) is 20.7. The molecule has 158 valence electrons. The van der Waals surface area contributed by atoms with E-state index in [-0.39, 0.29) is 24.1 Å². The van der Waals surface area contributed by atoms with Gasteiger partial charge in [-0.2, -0.15) is 0 Å². The SMILES string of the molecule is CC(C)CC1COC(=O)N1C1CCN(C(=O)CCSC=Cc2ccccc2)CC1. The van der Waals surface area contributed by atoms with Crippen molar-refractivity contribution >= 4 is 29.8 Å². The van der Waals surface area contributed by atoms with Gasteiger partial charge in [0.2, 0.25) is 5.91 Å². The number of carbonyl (C=O) groups is 2. The fourth-order valence-electron chi connectivity index (χ4n) is 4.10. The first-order valence-corrected chi connectivity index (χ1v) is 11.7. The van der Waals surface area contributed by atoms with E-state index in [2.05, 4.69) is 37.5 Å². The number of thioether (sulfide) groups is 1. The van der Waals surface area contributed by atoms with E-state index < -0.39 is 0 Å². The largest absolute Gasteiger partial charge is 0.447 e. The summed E-state index contributed by atoms with van der Waals surface area (Å²) in [5, 5.41) is 2.06. The van der Waals surface area contributed by atoms with Crippen LogP contribution in [0.4, 0.5) is 4.79 Å². The van der Waals surface area contributed by atoms with Crippen LogP contribution < -0.4 is 0 Å².